The average molecular weight is 400 g/mol. The summed E-state index contributed by atoms with van der Waals surface area (Å²) in [6.07, 6.45) is 2.50. The molecule has 2 N–H and O–H groups in total. The summed E-state index contributed by atoms with van der Waals surface area (Å²) in [4.78, 5) is 24.0. The molecule has 0 aliphatic heterocycles. The molecule has 0 saturated heterocycles. The molecular weight excluding hydrogens is 378 g/mol. The van der Waals surface area contributed by atoms with E-state index in [2.05, 4.69) is 16.6 Å². The van der Waals surface area contributed by atoms with Crippen LogP contribution >= 0.6 is 0 Å². The standard InChI is InChI=1S/C18H22F2N2O4S/c1-11(2)18(19,20)12-4-9-16(22-27(3,25)26)15(10-12)17(24)21-13-5-7-14(23)8-6-13/h4,9-10,13,22H,1,5-8H2,2-3H3,(H,21,24). The number of carbonyl (C=O) groups is 2. The molecule has 6 nitrogen and oxygen atoms in total. The van der Waals surface area contributed by atoms with Crippen molar-refractivity contribution in [1.82, 2.24) is 5.32 Å². The van der Waals surface area contributed by atoms with Crippen molar-refractivity contribution in [2.75, 3.05) is 11.0 Å². The van der Waals surface area contributed by atoms with E-state index in [-0.39, 0.29) is 23.1 Å². The number of allylic oxidation sites excluding steroid dienone is 1. The van der Waals surface area contributed by atoms with Crippen molar-refractivity contribution in [2.45, 2.75) is 44.6 Å². The minimum atomic E-state index is -3.72. The molecule has 2 rings (SSSR count). The maximum atomic E-state index is 14.3. The van der Waals surface area contributed by atoms with Gasteiger partial charge in [0.15, 0.2) is 0 Å². The number of carbonyl (C=O) groups excluding carboxylic acids is 2. The van der Waals surface area contributed by atoms with Crippen LogP contribution in [0.1, 0.15) is 48.5 Å². The average Bonchev–Trinajstić information content (AvgIpc) is 2.55. The molecule has 0 radical (unpaired) electrons. The molecular formula is C18H22F2N2O4S. The van der Waals surface area contributed by atoms with Gasteiger partial charge in [0, 0.05) is 24.4 Å². The lowest BCUT2D eigenvalue weighted by atomic mass is 9.94. The molecule has 1 fully saturated rings. The lowest BCUT2D eigenvalue weighted by Crippen LogP contribution is -2.38. The summed E-state index contributed by atoms with van der Waals surface area (Å²) in [6.45, 7) is 4.43. The van der Waals surface area contributed by atoms with Gasteiger partial charge < -0.3 is 5.32 Å². The van der Waals surface area contributed by atoms with Crippen molar-refractivity contribution in [2.24, 2.45) is 0 Å². The second kappa shape index (κ2) is 7.75. The maximum Gasteiger partial charge on any atom is 0.294 e. The summed E-state index contributed by atoms with van der Waals surface area (Å²) in [5, 5.41) is 2.70. The number of halogens is 2. The summed E-state index contributed by atoms with van der Waals surface area (Å²) < 4.78 is 53.8. The molecule has 0 spiro atoms. The fraction of sp³-hybridized carbons (Fsp3) is 0.444. The number of hydrogen-bond acceptors (Lipinski definition) is 4. The summed E-state index contributed by atoms with van der Waals surface area (Å²) in [7, 11) is -3.72. The van der Waals surface area contributed by atoms with E-state index in [1.54, 1.807) is 0 Å². The lowest BCUT2D eigenvalue weighted by molar-refractivity contribution is -0.120. The number of hydrogen-bond donors (Lipinski definition) is 2. The van der Waals surface area contributed by atoms with E-state index in [4.69, 9.17) is 0 Å². The molecule has 148 valence electrons. The summed E-state index contributed by atoms with van der Waals surface area (Å²) in [6, 6.07) is 2.88. The fourth-order valence-corrected chi connectivity index (χ4v) is 3.39. The second-order valence-electron chi connectivity index (χ2n) is 6.78. The van der Waals surface area contributed by atoms with Gasteiger partial charge in [0.05, 0.1) is 17.5 Å². The fourth-order valence-electron chi connectivity index (χ4n) is 2.81. The predicted octanol–water partition coefficient (Wildman–Crippen LogP) is 2.97. The molecule has 0 unspecified atom stereocenters. The first-order chi connectivity index (χ1) is 12.4. The van der Waals surface area contributed by atoms with Gasteiger partial charge in [0.25, 0.3) is 11.8 Å². The molecule has 0 atom stereocenters. The van der Waals surface area contributed by atoms with E-state index in [9.17, 15) is 26.8 Å². The van der Waals surface area contributed by atoms with Crippen LogP contribution in [-0.2, 0) is 20.7 Å². The maximum absolute atomic E-state index is 14.3. The Balaban J connectivity index is 2.38. The summed E-state index contributed by atoms with van der Waals surface area (Å²) in [5.74, 6) is -3.93. The van der Waals surface area contributed by atoms with Crippen molar-refractivity contribution in [3.63, 3.8) is 0 Å². The first-order valence-corrected chi connectivity index (χ1v) is 10.3. The van der Waals surface area contributed by atoms with Crippen LogP contribution in [-0.4, -0.2) is 32.4 Å². The van der Waals surface area contributed by atoms with Crippen LogP contribution in [0.2, 0.25) is 0 Å². The predicted molar refractivity (Wildman–Crippen MR) is 98.3 cm³/mol. The minimum Gasteiger partial charge on any atom is -0.349 e. The Morgan fingerprint density at radius 3 is 2.37 bits per heavy atom. The van der Waals surface area contributed by atoms with Gasteiger partial charge in [-0.1, -0.05) is 12.6 Å². The molecule has 1 aromatic rings. The number of sulfonamides is 1. The lowest BCUT2D eigenvalue weighted by Gasteiger charge is -2.24. The molecule has 1 aliphatic rings. The third-order valence-corrected chi connectivity index (χ3v) is 4.93. The van der Waals surface area contributed by atoms with Crippen molar-refractivity contribution in [3.05, 3.63) is 41.5 Å². The van der Waals surface area contributed by atoms with Gasteiger partial charge in [0.1, 0.15) is 5.78 Å². The molecule has 1 saturated carbocycles. The second-order valence-corrected chi connectivity index (χ2v) is 8.52. The summed E-state index contributed by atoms with van der Waals surface area (Å²) in [5.41, 5.74) is -1.17. The van der Waals surface area contributed by atoms with E-state index in [1.165, 1.54) is 6.92 Å². The molecule has 27 heavy (non-hydrogen) atoms. The number of amides is 1. The Labute approximate surface area is 157 Å². The Morgan fingerprint density at radius 1 is 1.26 bits per heavy atom. The van der Waals surface area contributed by atoms with Crippen LogP contribution < -0.4 is 10.0 Å². The highest BCUT2D eigenvalue weighted by molar-refractivity contribution is 7.92. The molecule has 1 aliphatic carbocycles. The number of nitrogens with one attached hydrogen (secondary N) is 2. The number of anilines is 1. The van der Waals surface area contributed by atoms with Gasteiger partial charge in [-0.05, 0) is 37.5 Å². The first-order valence-electron chi connectivity index (χ1n) is 8.39. The molecule has 0 bridgehead atoms. The monoisotopic (exact) mass is 400 g/mol. The zero-order valence-electron chi connectivity index (χ0n) is 15.1. The number of Topliss-reactive ketones (excluding diaryl/α,β-unsaturated/α-hetero) is 1. The smallest absolute Gasteiger partial charge is 0.294 e. The number of alkyl halides is 2. The van der Waals surface area contributed by atoms with Crippen LogP contribution in [0.15, 0.2) is 30.4 Å². The molecule has 0 aromatic heterocycles. The highest BCUT2D eigenvalue weighted by atomic mass is 32.2. The number of rotatable bonds is 6. The van der Waals surface area contributed by atoms with Crippen molar-refractivity contribution < 1.29 is 26.8 Å². The van der Waals surface area contributed by atoms with Crippen LogP contribution in [0.3, 0.4) is 0 Å². The van der Waals surface area contributed by atoms with Crippen LogP contribution in [0.5, 0.6) is 0 Å². The third-order valence-electron chi connectivity index (χ3n) is 4.34. The van der Waals surface area contributed by atoms with Crippen molar-refractivity contribution >= 4 is 27.4 Å². The van der Waals surface area contributed by atoms with Gasteiger partial charge in [-0.15, -0.1) is 0 Å². The van der Waals surface area contributed by atoms with E-state index in [1.807, 2.05) is 0 Å². The normalized spacial score (nSPS) is 16.1. The number of benzene rings is 1. The van der Waals surface area contributed by atoms with Gasteiger partial charge >= 0.3 is 0 Å². The summed E-state index contributed by atoms with van der Waals surface area (Å²) >= 11 is 0. The topological polar surface area (TPSA) is 92.3 Å². The highest BCUT2D eigenvalue weighted by Crippen LogP contribution is 2.36. The SMILES string of the molecule is C=C(C)C(F)(F)c1ccc(NS(C)(=O)=O)c(C(=O)NC2CCC(=O)CC2)c1. The molecule has 1 aromatic carbocycles. The van der Waals surface area contributed by atoms with Crippen molar-refractivity contribution in [3.8, 4) is 0 Å². The quantitative estimate of drug-likeness (QED) is 0.718. The first kappa shape index (κ1) is 21.0. The molecule has 1 amide bonds. The highest BCUT2D eigenvalue weighted by Gasteiger charge is 2.34. The van der Waals surface area contributed by atoms with Gasteiger partial charge in [-0.3, -0.25) is 14.3 Å². The van der Waals surface area contributed by atoms with Gasteiger partial charge in [-0.2, -0.15) is 8.78 Å². The van der Waals surface area contributed by atoms with E-state index >= 15 is 0 Å². The number of ketones is 1. The Morgan fingerprint density at radius 2 is 1.85 bits per heavy atom. The Hall–Kier alpha value is -2.29. The van der Waals surface area contributed by atoms with Crippen LogP contribution in [0.25, 0.3) is 0 Å². The minimum absolute atomic E-state index is 0.0943. The van der Waals surface area contributed by atoms with E-state index in [0.717, 1.165) is 24.5 Å². The molecule has 0 heterocycles. The van der Waals surface area contributed by atoms with Crippen molar-refractivity contribution in [1.29, 1.82) is 0 Å². The molecule has 9 heteroatoms. The third kappa shape index (κ3) is 5.35. The Kier molecular flexibility index (Phi) is 6.04. The Bertz CT molecular complexity index is 871. The zero-order valence-corrected chi connectivity index (χ0v) is 16.0. The zero-order chi connectivity index (χ0) is 20.4. The van der Waals surface area contributed by atoms with Gasteiger partial charge in [-0.25, -0.2) is 8.42 Å². The largest absolute Gasteiger partial charge is 0.349 e. The van der Waals surface area contributed by atoms with E-state index in [0.29, 0.717) is 25.7 Å². The van der Waals surface area contributed by atoms with Crippen LogP contribution in [0.4, 0.5) is 14.5 Å². The van der Waals surface area contributed by atoms with E-state index < -0.39 is 33.0 Å². The van der Waals surface area contributed by atoms with Gasteiger partial charge in [0.2, 0.25) is 10.0 Å². The van der Waals surface area contributed by atoms with Crippen LogP contribution in [0, 0.1) is 0 Å².